The third-order valence-corrected chi connectivity index (χ3v) is 4.54. The van der Waals surface area contributed by atoms with Crippen LogP contribution in [0.15, 0.2) is 59.5 Å². The molecule has 6 heteroatoms. The van der Waals surface area contributed by atoms with Crippen LogP contribution in [-0.2, 0) is 6.54 Å². The van der Waals surface area contributed by atoms with Crippen molar-refractivity contribution in [2.45, 2.75) is 6.54 Å². The van der Waals surface area contributed by atoms with E-state index in [9.17, 15) is 4.79 Å². The molecule has 0 spiro atoms. The summed E-state index contributed by atoms with van der Waals surface area (Å²) >= 11 is 0.937. The first-order valence-corrected chi connectivity index (χ1v) is 8.28. The highest BCUT2D eigenvalue weighted by Gasteiger charge is 2.07. The Morgan fingerprint density at radius 2 is 2.00 bits per heavy atom. The molecule has 5 nitrogen and oxygen atoms in total. The van der Waals surface area contributed by atoms with Crippen LogP contribution in [-0.4, -0.2) is 21.0 Å². The van der Waals surface area contributed by atoms with Gasteiger partial charge < -0.3 is 9.30 Å². The summed E-state index contributed by atoms with van der Waals surface area (Å²) in [4.78, 5) is 13.9. The van der Waals surface area contributed by atoms with Crippen molar-refractivity contribution in [3.05, 3.63) is 70.0 Å². The summed E-state index contributed by atoms with van der Waals surface area (Å²) in [5.74, 6) is 1.47. The fourth-order valence-corrected chi connectivity index (χ4v) is 3.22. The van der Waals surface area contributed by atoms with E-state index in [4.69, 9.17) is 4.74 Å². The molecule has 0 aliphatic rings. The van der Waals surface area contributed by atoms with E-state index in [1.54, 1.807) is 7.11 Å². The molecule has 0 aliphatic heterocycles. The minimum atomic E-state index is -0.140. The predicted molar refractivity (Wildman–Crippen MR) is 95.8 cm³/mol. The van der Waals surface area contributed by atoms with Gasteiger partial charge in [-0.05, 0) is 35.2 Å². The third kappa shape index (κ3) is 2.72. The largest absolute Gasteiger partial charge is 0.497 e. The summed E-state index contributed by atoms with van der Waals surface area (Å²) in [5.41, 5.74) is 3.22. The summed E-state index contributed by atoms with van der Waals surface area (Å²) in [7, 11) is 1.67. The van der Waals surface area contributed by atoms with E-state index in [0.717, 1.165) is 40.3 Å². The van der Waals surface area contributed by atoms with Crippen molar-refractivity contribution in [1.82, 2.24) is 13.9 Å². The van der Waals surface area contributed by atoms with Crippen LogP contribution in [0.1, 0.15) is 5.56 Å². The highest BCUT2D eigenvalue weighted by Crippen LogP contribution is 2.24. The molecule has 0 amide bonds. The quantitative estimate of drug-likeness (QED) is 0.620. The van der Waals surface area contributed by atoms with Gasteiger partial charge in [-0.1, -0.05) is 24.3 Å². The van der Waals surface area contributed by atoms with Gasteiger partial charge in [0.05, 0.1) is 7.11 Å². The molecular weight excluding hydrogens is 322 g/mol. The first-order chi connectivity index (χ1) is 11.7. The molecule has 0 fully saturated rings. The number of nitrogens with zero attached hydrogens (tertiary/aromatic N) is 2. The summed E-state index contributed by atoms with van der Waals surface area (Å²) in [6, 6.07) is 16.2. The van der Waals surface area contributed by atoms with Crippen LogP contribution in [0.4, 0.5) is 0 Å². The molecule has 0 aliphatic carbocycles. The van der Waals surface area contributed by atoms with Crippen molar-refractivity contribution in [3.63, 3.8) is 0 Å². The highest BCUT2D eigenvalue weighted by molar-refractivity contribution is 7.03. The number of hydrogen-bond donors (Lipinski definition) is 1. The lowest BCUT2D eigenvalue weighted by molar-refractivity contribution is 0.414. The third-order valence-electron chi connectivity index (χ3n) is 4.00. The minimum absolute atomic E-state index is 0.140. The normalized spacial score (nSPS) is 11.0. The SMILES string of the molecule is COc1ccc(Cn2ccc3ccc(-c4nsc(=O)[nH]4)cc32)cc1. The predicted octanol–water partition coefficient (Wildman–Crippen LogP) is 3.51. The second-order valence-electron chi connectivity index (χ2n) is 5.51. The lowest BCUT2D eigenvalue weighted by Crippen LogP contribution is -1.98. The Labute approximate surface area is 142 Å². The first kappa shape index (κ1) is 14.7. The Morgan fingerprint density at radius 3 is 2.71 bits per heavy atom. The van der Waals surface area contributed by atoms with Crippen LogP contribution in [0.2, 0.25) is 0 Å². The van der Waals surface area contributed by atoms with E-state index in [0.29, 0.717) is 5.82 Å². The van der Waals surface area contributed by atoms with Gasteiger partial charge in [0.2, 0.25) is 0 Å². The summed E-state index contributed by atoms with van der Waals surface area (Å²) in [6.07, 6.45) is 2.07. The zero-order valence-electron chi connectivity index (χ0n) is 13.0. The number of benzene rings is 2. The Morgan fingerprint density at radius 1 is 1.17 bits per heavy atom. The van der Waals surface area contributed by atoms with Crippen LogP contribution < -0.4 is 9.61 Å². The van der Waals surface area contributed by atoms with E-state index in [2.05, 4.69) is 44.4 Å². The van der Waals surface area contributed by atoms with Crippen molar-refractivity contribution in [3.8, 4) is 17.1 Å². The Bertz CT molecular complexity index is 1040. The lowest BCUT2D eigenvalue weighted by Gasteiger charge is -2.07. The van der Waals surface area contributed by atoms with Gasteiger partial charge >= 0.3 is 4.87 Å². The van der Waals surface area contributed by atoms with E-state index in [1.807, 2.05) is 24.3 Å². The van der Waals surface area contributed by atoms with E-state index in [-0.39, 0.29) is 4.87 Å². The zero-order chi connectivity index (χ0) is 16.5. The molecule has 120 valence electrons. The smallest absolute Gasteiger partial charge is 0.323 e. The average Bonchev–Trinajstić information content (AvgIpc) is 3.22. The van der Waals surface area contributed by atoms with Gasteiger partial charge in [-0.3, -0.25) is 9.78 Å². The van der Waals surface area contributed by atoms with Crippen LogP contribution in [0.3, 0.4) is 0 Å². The molecule has 0 unspecified atom stereocenters. The maximum absolute atomic E-state index is 11.3. The van der Waals surface area contributed by atoms with Gasteiger partial charge in [-0.2, -0.15) is 4.37 Å². The van der Waals surface area contributed by atoms with Gasteiger partial charge in [0.1, 0.15) is 5.75 Å². The summed E-state index contributed by atoms with van der Waals surface area (Å²) in [5, 5.41) is 1.16. The maximum Gasteiger partial charge on any atom is 0.323 e. The van der Waals surface area contributed by atoms with Gasteiger partial charge in [0.25, 0.3) is 0 Å². The molecule has 4 aromatic rings. The highest BCUT2D eigenvalue weighted by atomic mass is 32.1. The van der Waals surface area contributed by atoms with E-state index < -0.39 is 0 Å². The van der Waals surface area contributed by atoms with Crippen LogP contribution in [0, 0.1) is 0 Å². The summed E-state index contributed by atoms with van der Waals surface area (Å²) < 4.78 is 11.5. The molecule has 2 aromatic heterocycles. The van der Waals surface area contributed by atoms with Crippen molar-refractivity contribution in [2.24, 2.45) is 0 Å². The number of rotatable bonds is 4. The lowest BCUT2D eigenvalue weighted by atomic mass is 10.1. The van der Waals surface area contributed by atoms with Gasteiger partial charge in [0, 0.05) is 35.4 Å². The second-order valence-corrected chi connectivity index (χ2v) is 6.24. The first-order valence-electron chi connectivity index (χ1n) is 7.51. The van der Waals surface area contributed by atoms with Gasteiger partial charge in [-0.15, -0.1) is 0 Å². The number of methoxy groups -OCH3 is 1. The molecule has 0 bridgehead atoms. The number of fused-ring (bicyclic) bond motifs is 1. The topological polar surface area (TPSA) is 59.9 Å². The molecule has 0 atom stereocenters. The van der Waals surface area contributed by atoms with Crippen LogP contribution >= 0.6 is 11.5 Å². The number of ether oxygens (including phenoxy) is 1. The number of aromatic nitrogens is 3. The zero-order valence-corrected chi connectivity index (χ0v) is 13.8. The van der Waals surface area contributed by atoms with Crippen LogP contribution in [0.5, 0.6) is 5.75 Å². The van der Waals surface area contributed by atoms with Gasteiger partial charge in [-0.25, -0.2) is 0 Å². The molecule has 0 saturated carbocycles. The fourth-order valence-electron chi connectivity index (χ4n) is 2.75. The Kier molecular flexibility index (Phi) is 3.66. The number of nitrogens with one attached hydrogen (secondary N) is 1. The molecule has 4 rings (SSSR count). The average molecular weight is 337 g/mol. The molecular formula is C18H15N3O2S. The summed E-state index contributed by atoms with van der Waals surface area (Å²) in [6.45, 7) is 0.768. The van der Waals surface area contributed by atoms with Crippen LogP contribution in [0.25, 0.3) is 22.3 Å². The number of aromatic amines is 1. The second kappa shape index (κ2) is 5.98. The van der Waals surface area contributed by atoms with E-state index in [1.165, 1.54) is 5.56 Å². The molecule has 0 radical (unpaired) electrons. The van der Waals surface area contributed by atoms with Gasteiger partial charge in [0.15, 0.2) is 5.82 Å². The standard InChI is InChI=1S/C18H15N3O2S/c1-23-15-6-2-12(3-7-15)11-21-9-8-13-4-5-14(10-16(13)21)17-19-18(22)24-20-17/h2-10H,11H2,1H3,(H,19,20,22). The number of H-pyrrole nitrogens is 1. The Balaban J connectivity index is 1.71. The number of hydrogen-bond acceptors (Lipinski definition) is 4. The van der Waals surface area contributed by atoms with Crippen molar-refractivity contribution < 1.29 is 4.74 Å². The molecule has 0 saturated heterocycles. The monoisotopic (exact) mass is 337 g/mol. The van der Waals surface area contributed by atoms with Crippen molar-refractivity contribution in [1.29, 1.82) is 0 Å². The molecule has 1 N–H and O–H groups in total. The molecule has 2 aromatic carbocycles. The fraction of sp³-hybridized carbons (Fsp3) is 0.111. The maximum atomic E-state index is 11.3. The van der Waals surface area contributed by atoms with Crippen molar-refractivity contribution in [2.75, 3.05) is 7.11 Å². The van der Waals surface area contributed by atoms with Crippen molar-refractivity contribution >= 4 is 22.4 Å². The Hall–Kier alpha value is -2.86. The molecule has 24 heavy (non-hydrogen) atoms. The van der Waals surface area contributed by atoms with E-state index >= 15 is 0 Å². The molecule has 2 heterocycles. The minimum Gasteiger partial charge on any atom is -0.497 e.